The fraction of sp³-hybridized carbons (Fsp3) is 0.894. The highest BCUT2D eigenvalue weighted by Crippen LogP contribution is 2.39. The molecular weight excluding hydrogens is 1160 g/mol. The highest BCUT2D eigenvalue weighted by Gasteiger charge is 2.61. The molecule has 6 saturated heterocycles. The summed E-state index contributed by atoms with van der Waals surface area (Å²) in [5.74, 6) is -8.64. The molecule has 0 saturated carbocycles. The van der Waals surface area contributed by atoms with Gasteiger partial charge in [-0.2, -0.15) is 0 Å². The van der Waals surface area contributed by atoms with Crippen LogP contribution in [0.1, 0.15) is 34.1 Å². The van der Waals surface area contributed by atoms with Gasteiger partial charge in [0.2, 0.25) is 23.6 Å². The zero-order valence-corrected chi connectivity index (χ0v) is 45.9. The van der Waals surface area contributed by atoms with Crippen LogP contribution in [0.25, 0.3) is 0 Å². The van der Waals surface area contributed by atoms with E-state index in [4.69, 9.17) is 52.1 Å². The van der Waals surface area contributed by atoms with Gasteiger partial charge in [-0.05, 0) is 0 Å². The smallest absolute Gasteiger partial charge is 0.364 e. The van der Waals surface area contributed by atoms with Crippen LogP contribution >= 0.6 is 0 Å². The minimum atomic E-state index is -3.19. The van der Waals surface area contributed by atoms with Gasteiger partial charge in [0, 0.05) is 34.1 Å². The summed E-state index contributed by atoms with van der Waals surface area (Å²) >= 11 is 0. The van der Waals surface area contributed by atoms with Crippen molar-refractivity contribution in [1.82, 2.24) is 21.3 Å². The molecule has 0 aromatic carbocycles. The van der Waals surface area contributed by atoms with E-state index in [-0.39, 0.29) is 0 Å². The Hall–Kier alpha value is -3.77. The number of aliphatic hydroxyl groups excluding tert-OH is 17. The van der Waals surface area contributed by atoms with Gasteiger partial charge < -0.3 is 165 Å². The monoisotopic (exact) mass is 1240 g/mol. The van der Waals surface area contributed by atoms with Crippen molar-refractivity contribution in [2.24, 2.45) is 0 Å². The Morgan fingerprint density at radius 3 is 1.41 bits per heavy atom. The average Bonchev–Trinajstić information content (AvgIpc) is 3.50. The Morgan fingerprint density at radius 1 is 0.482 bits per heavy atom. The van der Waals surface area contributed by atoms with Gasteiger partial charge in [-0.25, -0.2) is 4.79 Å². The zero-order chi connectivity index (χ0) is 63.3. The number of carbonyl (C=O) groups is 5. The summed E-state index contributed by atoms with van der Waals surface area (Å²) in [5, 5.41) is 204. The number of nitrogens with one attached hydrogen (secondary N) is 4. The third kappa shape index (κ3) is 15.8. The van der Waals surface area contributed by atoms with Crippen LogP contribution in [0.5, 0.6) is 0 Å². The van der Waals surface area contributed by atoms with Crippen molar-refractivity contribution in [2.75, 3.05) is 39.6 Å². The Balaban J connectivity index is 1.21. The van der Waals surface area contributed by atoms with Crippen LogP contribution in [0.4, 0.5) is 0 Å². The number of carbonyl (C=O) groups excluding carboxylic acids is 4. The first kappa shape index (κ1) is 70.3. The molecule has 0 radical (unpaired) electrons. The minimum Gasteiger partial charge on any atom is -0.477 e. The maximum atomic E-state index is 13.0. The molecule has 490 valence electrons. The van der Waals surface area contributed by atoms with Crippen molar-refractivity contribution in [3.05, 3.63) is 0 Å². The summed E-state index contributed by atoms with van der Waals surface area (Å²) in [7, 11) is 0. The number of rotatable bonds is 23. The van der Waals surface area contributed by atoms with Crippen LogP contribution in [0.2, 0.25) is 0 Å². The topological polar surface area (TPSA) is 599 Å². The SMILES string of the molecule is CC(=O)N[C@@H]1[C@H](O[C@H]2[C@@H](O)[C@@H](CO[C@@H]3O[C@H](CO)[C@@H](O[C@@H]4O[C@H](CO)[C@H](O)[C@H](O[C@]5(C(=O)O)C[C@H](O)[C@@H](NC(C)=O)[C@H]([C@H](O)[C@H](O)CO)O5)[C@H]4O)[C@H](O)[C@H]3NC(C)=O)O[C@H](O)[C@@H]2NC(C)=O)O[C@H](CO)[C@@H](O[C@@H]2O[C@H](CO)[C@H](O)[C@H](O)[C@H]2O)[C@@H]1O. The van der Waals surface area contributed by atoms with E-state index < -0.39 is 265 Å². The second kappa shape index (κ2) is 30.2. The third-order valence-electron chi connectivity index (χ3n) is 15.0. The first-order valence-corrected chi connectivity index (χ1v) is 26.7. The lowest BCUT2D eigenvalue weighted by atomic mass is 9.88. The van der Waals surface area contributed by atoms with Gasteiger partial charge in [-0.1, -0.05) is 0 Å². The van der Waals surface area contributed by atoms with Crippen LogP contribution in [0.3, 0.4) is 0 Å². The van der Waals surface area contributed by atoms with Crippen LogP contribution in [0.15, 0.2) is 0 Å². The Morgan fingerprint density at radius 2 is 0.918 bits per heavy atom. The number of aliphatic carboxylic acids is 1. The third-order valence-corrected chi connectivity index (χ3v) is 15.0. The fourth-order valence-electron chi connectivity index (χ4n) is 10.7. The van der Waals surface area contributed by atoms with Gasteiger partial charge in [0.1, 0.15) is 140 Å². The molecule has 6 rings (SSSR count). The predicted molar refractivity (Wildman–Crippen MR) is 263 cm³/mol. The first-order chi connectivity index (χ1) is 40.0. The molecule has 6 heterocycles. The molecule has 0 aromatic heterocycles. The van der Waals surface area contributed by atoms with Crippen molar-refractivity contribution in [2.45, 2.75) is 224 Å². The Kier molecular flexibility index (Phi) is 24.9. The summed E-state index contributed by atoms with van der Waals surface area (Å²) in [4.78, 5) is 62.8. The molecule has 22 N–H and O–H groups in total. The average molecular weight is 1240 g/mol. The standard InChI is InChI=1S/C47H78N4O34/c1-12(57)48-23-16(61)5-47(46(73)74,84-39(23)27(63)17(62)6-52)85-40-29(65)19(8-54)78-45(35(40)71)82-36-20(9-55)79-42(24(31(36)67)49-13(2)58)75-11-22-30(66)38(26(41(72)76-22)51-15(4)60)83-43-25(50-14(3)59)32(68)37(21(10-56)80-43)81-44-34(70)33(69)28(64)18(7-53)77-44/h16-45,52-56,61-72H,5-11H2,1-4H3,(H,48,57)(H,49,58)(H,50,59)(H,51,60)(H,73,74)/t16-,17+,18+,19+,20+,21+,22+,23+,24+,25-,26+,27+,28-,29-,30-,31+,32+,33-,34+,35+,36+,37+,38+,39+,40-,41-,42+,43-,44-,45-,47-/m0/s1. The first-order valence-electron chi connectivity index (χ1n) is 26.7. The van der Waals surface area contributed by atoms with Crippen molar-refractivity contribution < 1.29 is 168 Å². The van der Waals surface area contributed by atoms with Crippen molar-refractivity contribution in [1.29, 1.82) is 0 Å². The van der Waals surface area contributed by atoms with E-state index in [1.54, 1.807) is 0 Å². The number of ether oxygens (including phenoxy) is 11. The molecule has 85 heavy (non-hydrogen) atoms. The maximum absolute atomic E-state index is 13.0. The normalized spacial score (nSPS) is 45.0. The van der Waals surface area contributed by atoms with Crippen molar-refractivity contribution in [3.8, 4) is 0 Å². The Bertz CT molecular complexity index is 2210. The number of amides is 4. The molecule has 38 nitrogen and oxygen atoms in total. The minimum absolute atomic E-state index is 0.825. The van der Waals surface area contributed by atoms with Crippen molar-refractivity contribution >= 4 is 29.6 Å². The summed E-state index contributed by atoms with van der Waals surface area (Å²) < 4.78 is 63.3. The lowest BCUT2D eigenvalue weighted by Gasteiger charge is -2.51. The summed E-state index contributed by atoms with van der Waals surface area (Å²) in [6.07, 6.45) is -52.6. The van der Waals surface area contributed by atoms with Gasteiger partial charge in [-0.3, -0.25) is 19.2 Å². The lowest BCUT2D eigenvalue weighted by molar-refractivity contribution is -0.383. The van der Waals surface area contributed by atoms with Crippen molar-refractivity contribution in [3.63, 3.8) is 0 Å². The van der Waals surface area contributed by atoms with Crippen LogP contribution in [0, 0.1) is 0 Å². The number of aliphatic hydroxyl groups is 17. The summed E-state index contributed by atoms with van der Waals surface area (Å²) in [6, 6.07) is -6.92. The quantitative estimate of drug-likeness (QED) is 0.0452. The summed E-state index contributed by atoms with van der Waals surface area (Å²) in [5.41, 5.74) is 0. The largest absolute Gasteiger partial charge is 0.477 e. The highest BCUT2D eigenvalue weighted by molar-refractivity contribution is 5.77. The highest BCUT2D eigenvalue weighted by atomic mass is 16.8. The Labute approximate surface area is 481 Å². The zero-order valence-electron chi connectivity index (χ0n) is 45.9. The van der Waals surface area contributed by atoms with E-state index in [1.807, 2.05) is 0 Å². The molecule has 6 aliphatic heterocycles. The van der Waals surface area contributed by atoms with Gasteiger partial charge in [0.05, 0.1) is 51.8 Å². The molecule has 6 fully saturated rings. The molecular formula is C47H78N4O34. The number of hydrogen-bond donors (Lipinski definition) is 22. The maximum Gasteiger partial charge on any atom is 0.364 e. The van der Waals surface area contributed by atoms with Gasteiger partial charge in [-0.15, -0.1) is 0 Å². The van der Waals surface area contributed by atoms with E-state index >= 15 is 0 Å². The van der Waals surface area contributed by atoms with E-state index in [0.717, 1.165) is 27.7 Å². The summed E-state index contributed by atoms with van der Waals surface area (Å²) in [6.45, 7) is -2.17. The molecule has 0 aliphatic carbocycles. The second-order valence-corrected chi connectivity index (χ2v) is 21.2. The predicted octanol–water partition coefficient (Wildman–Crippen LogP) is -14.3. The lowest BCUT2D eigenvalue weighted by Crippen LogP contribution is -2.71. The molecule has 6 aliphatic rings. The molecule has 4 amide bonds. The molecule has 0 aromatic rings. The molecule has 0 bridgehead atoms. The van der Waals surface area contributed by atoms with Crippen LogP contribution < -0.4 is 21.3 Å². The molecule has 0 spiro atoms. The van der Waals surface area contributed by atoms with E-state index in [1.165, 1.54) is 0 Å². The van der Waals surface area contributed by atoms with E-state index in [2.05, 4.69) is 21.3 Å². The molecule has 38 heteroatoms. The molecule has 0 unspecified atom stereocenters. The fourth-order valence-corrected chi connectivity index (χ4v) is 10.7. The van der Waals surface area contributed by atoms with Crippen LogP contribution in [-0.4, -0.2) is 351 Å². The van der Waals surface area contributed by atoms with Gasteiger partial charge >= 0.3 is 5.97 Å². The van der Waals surface area contributed by atoms with Crippen LogP contribution in [-0.2, 0) is 76.1 Å². The number of carboxylic acids is 1. The second-order valence-electron chi connectivity index (χ2n) is 21.2. The van der Waals surface area contributed by atoms with E-state index in [9.17, 15) is 116 Å². The number of carboxylic acid groups (broad SMARTS) is 1. The molecule has 31 atom stereocenters. The van der Waals surface area contributed by atoms with Gasteiger partial charge in [0.15, 0.2) is 31.5 Å². The number of hydrogen-bond acceptors (Lipinski definition) is 33. The van der Waals surface area contributed by atoms with Gasteiger partial charge in [0.25, 0.3) is 5.79 Å². The van der Waals surface area contributed by atoms with E-state index in [0.29, 0.717) is 0 Å².